The lowest BCUT2D eigenvalue weighted by Gasteiger charge is -2.31. The SMILES string of the molecule is CCOC(=O)C1CCCN(CCC(=O)NN2C(=O)NC3(CCCCC3)C2=O)C1. The number of esters is 1. The van der Waals surface area contributed by atoms with E-state index in [0.717, 1.165) is 43.7 Å². The monoisotopic (exact) mass is 394 g/mol. The second-order valence-corrected chi connectivity index (χ2v) is 7.89. The number of hydrogen-bond acceptors (Lipinski definition) is 6. The standard InChI is InChI=1S/C19H30N4O5/c1-2-28-16(25)14-7-6-11-22(13-14)12-8-15(24)21-23-17(26)19(20-18(23)27)9-4-3-5-10-19/h14H,2-13H2,1H3,(H,20,27)(H,21,24). The molecule has 0 bridgehead atoms. The Morgan fingerprint density at radius 1 is 1.21 bits per heavy atom. The number of ether oxygens (including phenoxy) is 1. The van der Waals surface area contributed by atoms with E-state index in [1.807, 2.05) is 0 Å². The fourth-order valence-electron chi connectivity index (χ4n) is 4.37. The highest BCUT2D eigenvalue weighted by Crippen LogP contribution is 2.33. The van der Waals surface area contributed by atoms with Gasteiger partial charge in [0.05, 0.1) is 12.5 Å². The maximum atomic E-state index is 12.7. The first-order valence-electron chi connectivity index (χ1n) is 10.3. The Bertz CT molecular complexity index is 632. The molecule has 2 aliphatic heterocycles. The molecule has 1 saturated carbocycles. The molecule has 2 saturated heterocycles. The lowest BCUT2D eigenvalue weighted by Crippen LogP contribution is -2.51. The van der Waals surface area contributed by atoms with Crippen molar-refractivity contribution in [1.29, 1.82) is 0 Å². The molecule has 1 atom stereocenters. The fourth-order valence-corrected chi connectivity index (χ4v) is 4.37. The van der Waals surface area contributed by atoms with Crippen LogP contribution in [0.5, 0.6) is 0 Å². The number of urea groups is 1. The first kappa shape index (κ1) is 20.6. The molecule has 28 heavy (non-hydrogen) atoms. The zero-order valence-corrected chi connectivity index (χ0v) is 16.5. The molecular weight excluding hydrogens is 364 g/mol. The zero-order chi connectivity index (χ0) is 20.1. The Kier molecular flexibility index (Phi) is 6.53. The third-order valence-corrected chi connectivity index (χ3v) is 5.89. The van der Waals surface area contributed by atoms with E-state index in [2.05, 4.69) is 15.6 Å². The summed E-state index contributed by atoms with van der Waals surface area (Å²) in [7, 11) is 0. The van der Waals surface area contributed by atoms with Crippen LogP contribution >= 0.6 is 0 Å². The van der Waals surface area contributed by atoms with E-state index < -0.39 is 11.6 Å². The highest BCUT2D eigenvalue weighted by Gasteiger charge is 2.52. The topological polar surface area (TPSA) is 108 Å². The van der Waals surface area contributed by atoms with Crippen LogP contribution in [0.15, 0.2) is 0 Å². The molecule has 9 heteroatoms. The van der Waals surface area contributed by atoms with Gasteiger partial charge in [-0.05, 0) is 39.2 Å². The van der Waals surface area contributed by atoms with Crippen molar-refractivity contribution in [2.24, 2.45) is 5.92 Å². The summed E-state index contributed by atoms with van der Waals surface area (Å²) in [5.41, 5.74) is 1.61. The predicted octanol–water partition coefficient (Wildman–Crippen LogP) is 0.938. The van der Waals surface area contributed by atoms with Crippen LogP contribution in [0.3, 0.4) is 0 Å². The van der Waals surface area contributed by atoms with Gasteiger partial charge in [0.2, 0.25) is 5.91 Å². The average Bonchev–Trinajstić information content (AvgIpc) is 2.91. The molecule has 1 spiro atoms. The lowest BCUT2D eigenvalue weighted by atomic mass is 9.82. The molecule has 3 aliphatic rings. The van der Waals surface area contributed by atoms with Crippen LogP contribution < -0.4 is 10.7 Å². The number of piperidine rings is 1. The van der Waals surface area contributed by atoms with Crippen molar-refractivity contribution in [2.75, 3.05) is 26.2 Å². The number of hydrogen-bond donors (Lipinski definition) is 2. The number of carbonyl (C=O) groups excluding carboxylic acids is 4. The van der Waals surface area contributed by atoms with Gasteiger partial charge in [0, 0.05) is 19.5 Å². The summed E-state index contributed by atoms with van der Waals surface area (Å²) in [4.78, 5) is 51.2. The molecule has 4 amide bonds. The van der Waals surface area contributed by atoms with E-state index in [9.17, 15) is 19.2 Å². The van der Waals surface area contributed by atoms with E-state index in [0.29, 0.717) is 32.5 Å². The molecule has 9 nitrogen and oxygen atoms in total. The molecular formula is C19H30N4O5. The first-order valence-corrected chi connectivity index (χ1v) is 10.3. The van der Waals surface area contributed by atoms with E-state index in [1.165, 1.54) is 0 Å². The van der Waals surface area contributed by atoms with Crippen molar-refractivity contribution < 1.29 is 23.9 Å². The van der Waals surface area contributed by atoms with Crippen LogP contribution in [0.25, 0.3) is 0 Å². The Balaban J connectivity index is 1.47. The summed E-state index contributed by atoms with van der Waals surface area (Å²) in [5, 5.41) is 3.61. The van der Waals surface area contributed by atoms with Crippen molar-refractivity contribution in [3.05, 3.63) is 0 Å². The summed E-state index contributed by atoms with van der Waals surface area (Å²) in [6, 6.07) is -0.555. The maximum absolute atomic E-state index is 12.7. The van der Waals surface area contributed by atoms with Gasteiger partial charge in [0.15, 0.2) is 0 Å². The number of amides is 4. The minimum atomic E-state index is -0.845. The lowest BCUT2D eigenvalue weighted by molar-refractivity contribution is -0.150. The zero-order valence-electron chi connectivity index (χ0n) is 16.5. The van der Waals surface area contributed by atoms with Crippen molar-refractivity contribution in [3.8, 4) is 0 Å². The molecule has 2 heterocycles. The molecule has 0 aromatic carbocycles. The molecule has 3 rings (SSSR count). The van der Waals surface area contributed by atoms with E-state index in [4.69, 9.17) is 4.74 Å². The van der Waals surface area contributed by atoms with Gasteiger partial charge in [-0.2, -0.15) is 5.01 Å². The minimum Gasteiger partial charge on any atom is -0.466 e. The van der Waals surface area contributed by atoms with Gasteiger partial charge in [-0.15, -0.1) is 0 Å². The number of imide groups is 1. The molecule has 0 aromatic heterocycles. The van der Waals surface area contributed by atoms with Gasteiger partial charge in [0.1, 0.15) is 5.54 Å². The first-order chi connectivity index (χ1) is 13.4. The molecule has 1 unspecified atom stereocenters. The molecule has 0 radical (unpaired) electrons. The molecule has 3 fully saturated rings. The van der Waals surface area contributed by atoms with Gasteiger partial charge < -0.3 is 15.0 Å². The number of nitrogens with one attached hydrogen (secondary N) is 2. The quantitative estimate of drug-likeness (QED) is 0.513. The van der Waals surface area contributed by atoms with Crippen LogP contribution in [0, 0.1) is 5.92 Å². The minimum absolute atomic E-state index is 0.152. The summed E-state index contributed by atoms with van der Waals surface area (Å²) in [5.74, 6) is -1.08. The number of likely N-dealkylation sites (tertiary alicyclic amines) is 1. The van der Waals surface area contributed by atoms with Crippen molar-refractivity contribution in [3.63, 3.8) is 0 Å². The van der Waals surface area contributed by atoms with Crippen molar-refractivity contribution in [2.45, 2.75) is 63.8 Å². The van der Waals surface area contributed by atoms with Crippen LogP contribution in [0.2, 0.25) is 0 Å². The van der Waals surface area contributed by atoms with Crippen LogP contribution in [0.1, 0.15) is 58.3 Å². The van der Waals surface area contributed by atoms with E-state index >= 15 is 0 Å². The molecule has 0 aromatic rings. The maximum Gasteiger partial charge on any atom is 0.344 e. The van der Waals surface area contributed by atoms with Gasteiger partial charge in [0.25, 0.3) is 5.91 Å². The van der Waals surface area contributed by atoms with Gasteiger partial charge in [-0.1, -0.05) is 19.3 Å². The fraction of sp³-hybridized carbons (Fsp3) is 0.789. The smallest absolute Gasteiger partial charge is 0.344 e. The van der Waals surface area contributed by atoms with Crippen LogP contribution in [0.4, 0.5) is 4.79 Å². The second-order valence-electron chi connectivity index (χ2n) is 7.89. The Morgan fingerprint density at radius 3 is 2.68 bits per heavy atom. The molecule has 156 valence electrons. The average molecular weight is 394 g/mol. The summed E-state index contributed by atoms with van der Waals surface area (Å²) >= 11 is 0. The number of nitrogens with zero attached hydrogens (tertiary/aromatic N) is 2. The number of hydrazine groups is 1. The highest BCUT2D eigenvalue weighted by molar-refractivity contribution is 6.08. The van der Waals surface area contributed by atoms with E-state index in [-0.39, 0.29) is 30.1 Å². The third-order valence-electron chi connectivity index (χ3n) is 5.89. The Hall–Kier alpha value is -2.16. The Labute approximate surface area is 165 Å². The third kappa shape index (κ3) is 4.45. The normalized spacial score (nSPS) is 24.9. The number of rotatable bonds is 6. The highest BCUT2D eigenvalue weighted by atomic mass is 16.5. The summed E-state index contributed by atoms with van der Waals surface area (Å²) in [6.45, 7) is 4.01. The second kappa shape index (κ2) is 8.89. The predicted molar refractivity (Wildman–Crippen MR) is 99.8 cm³/mol. The van der Waals surface area contributed by atoms with Gasteiger partial charge >= 0.3 is 12.0 Å². The van der Waals surface area contributed by atoms with Gasteiger partial charge in [-0.3, -0.25) is 19.8 Å². The Morgan fingerprint density at radius 2 is 1.96 bits per heavy atom. The number of carbonyl (C=O) groups is 4. The largest absolute Gasteiger partial charge is 0.466 e. The van der Waals surface area contributed by atoms with Crippen molar-refractivity contribution in [1.82, 2.24) is 20.7 Å². The van der Waals surface area contributed by atoms with E-state index in [1.54, 1.807) is 6.92 Å². The van der Waals surface area contributed by atoms with Gasteiger partial charge in [-0.25, -0.2) is 4.79 Å². The van der Waals surface area contributed by atoms with Crippen molar-refractivity contribution >= 4 is 23.8 Å². The van der Waals surface area contributed by atoms with Crippen LogP contribution in [-0.4, -0.2) is 65.5 Å². The molecule has 1 aliphatic carbocycles. The summed E-state index contributed by atoms with van der Waals surface area (Å²) < 4.78 is 5.09. The molecule has 2 N–H and O–H groups in total. The van der Waals surface area contributed by atoms with Crippen LogP contribution in [-0.2, 0) is 19.1 Å². The summed E-state index contributed by atoms with van der Waals surface area (Å²) in [6.07, 6.45) is 5.90.